The number of aliphatic hydroxyl groups excluding tert-OH is 1. The fourth-order valence-electron chi connectivity index (χ4n) is 1.83. The van der Waals surface area contributed by atoms with Gasteiger partial charge in [-0.3, -0.25) is 0 Å². The van der Waals surface area contributed by atoms with Crippen molar-refractivity contribution in [2.45, 2.75) is 39.7 Å². The van der Waals surface area contributed by atoms with Gasteiger partial charge in [0.15, 0.2) is 0 Å². The second-order valence-electron chi connectivity index (χ2n) is 5.46. The number of aliphatic hydroxyl groups is 1. The highest BCUT2D eigenvalue weighted by atomic mass is 16.5. The molecule has 120 valence electrons. The van der Waals surface area contributed by atoms with E-state index in [9.17, 15) is 5.11 Å². The Hall–Kier alpha value is -1.33. The van der Waals surface area contributed by atoms with Gasteiger partial charge in [-0.05, 0) is 31.7 Å². The third-order valence-corrected chi connectivity index (χ3v) is 2.95. The molecule has 0 aliphatic heterocycles. The van der Waals surface area contributed by atoms with Crippen molar-refractivity contribution < 1.29 is 14.6 Å². The zero-order chi connectivity index (χ0) is 15.5. The Kier molecular flexibility index (Phi) is 8.78. The van der Waals surface area contributed by atoms with E-state index in [2.05, 4.69) is 24.1 Å². The topological polar surface area (TPSA) is 63.6 Å². The van der Waals surface area contributed by atoms with E-state index in [1.54, 1.807) is 12.3 Å². The van der Waals surface area contributed by atoms with Gasteiger partial charge in [-0.15, -0.1) is 0 Å². The lowest BCUT2D eigenvalue weighted by molar-refractivity contribution is 0.0409. The number of anilines is 1. The average molecular weight is 296 g/mol. The Bertz CT molecular complexity index is 368. The van der Waals surface area contributed by atoms with E-state index in [4.69, 9.17) is 9.47 Å². The highest BCUT2D eigenvalue weighted by molar-refractivity contribution is 5.42. The smallest absolute Gasteiger partial charge is 0.213 e. The Labute approximate surface area is 127 Å². The van der Waals surface area contributed by atoms with Crippen molar-refractivity contribution in [1.82, 2.24) is 4.98 Å². The zero-order valence-corrected chi connectivity index (χ0v) is 13.3. The van der Waals surface area contributed by atoms with Crippen LogP contribution in [-0.2, 0) is 4.74 Å². The van der Waals surface area contributed by atoms with Crippen LogP contribution in [0.4, 0.5) is 5.69 Å². The Balaban J connectivity index is 2.13. The monoisotopic (exact) mass is 296 g/mol. The highest BCUT2D eigenvalue weighted by Gasteiger charge is 2.05. The predicted octanol–water partition coefficient (Wildman–Crippen LogP) is 2.71. The lowest BCUT2D eigenvalue weighted by Crippen LogP contribution is -2.25. The molecule has 0 fully saturated rings. The molecule has 21 heavy (non-hydrogen) atoms. The summed E-state index contributed by atoms with van der Waals surface area (Å²) in [7, 11) is 0. The molecule has 5 heteroatoms. The van der Waals surface area contributed by atoms with Crippen LogP contribution in [0.3, 0.4) is 0 Å². The predicted molar refractivity (Wildman–Crippen MR) is 84.8 cm³/mol. The van der Waals surface area contributed by atoms with Gasteiger partial charge in [-0.2, -0.15) is 0 Å². The second kappa shape index (κ2) is 10.4. The van der Waals surface area contributed by atoms with Crippen molar-refractivity contribution in [2.75, 3.05) is 31.7 Å². The number of hydrogen-bond donors (Lipinski definition) is 2. The fraction of sp³-hybridized carbons (Fsp3) is 0.688. The van der Waals surface area contributed by atoms with E-state index < -0.39 is 6.10 Å². The Morgan fingerprint density at radius 2 is 2.14 bits per heavy atom. The van der Waals surface area contributed by atoms with Gasteiger partial charge >= 0.3 is 0 Å². The first kappa shape index (κ1) is 17.7. The summed E-state index contributed by atoms with van der Waals surface area (Å²) >= 11 is 0. The minimum atomic E-state index is -0.518. The van der Waals surface area contributed by atoms with Crippen LogP contribution in [-0.4, -0.2) is 42.6 Å². The van der Waals surface area contributed by atoms with Crippen LogP contribution in [0.2, 0.25) is 0 Å². The van der Waals surface area contributed by atoms with Crippen molar-refractivity contribution in [3.8, 4) is 5.88 Å². The molecule has 0 aliphatic rings. The minimum absolute atomic E-state index is 0.357. The summed E-state index contributed by atoms with van der Waals surface area (Å²) in [4.78, 5) is 4.15. The van der Waals surface area contributed by atoms with Crippen molar-refractivity contribution in [3.05, 3.63) is 18.3 Å². The first-order chi connectivity index (χ1) is 10.1. The van der Waals surface area contributed by atoms with Crippen molar-refractivity contribution >= 4 is 5.69 Å². The van der Waals surface area contributed by atoms with E-state index in [0.717, 1.165) is 18.5 Å². The first-order valence-corrected chi connectivity index (χ1v) is 7.70. The van der Waals surface area contributed by atoms with Gasteiger partial charge in [-0.1, -0.05) is 13.8 Å². The molecule has 1 heterocycles. The SMILES string of the molecule is CCOc1ccc(NCC(O)COCCCC(C)C)cn1. The molecular weight excluding hydrogens is 268 g/mol. The van der Waals surface area contributed by atoms with Crippen molar-refractivity contribution in [3.63, 3.8) is 0 Å². The van der Waals surface area contributed by atoms with Gasteiger partial charge in [0.1, 0.15) is 0 Å². The number of rotatable bonds is 11. The third-order valence-electron chi connectivity index (χ3n) is 2.95. The van der Waals surface area contributed by atoms with Crippen LogP contribution < -0.4 is 10.1 Å². The van der Waals surface area contributed by atoms with Crippen LogP contribution in [0.1, 0.15) is 33.6 Å². The maximum atomic E-state index is 9.83. The summed E-state index contributed by atoms with van der Waals surface area (Å²) in [5.41, 5.74) is 0.859. The molecular formula is C16H28N2O3. The van der Waals surface area contributed by atoms with E-state index in [1.807, 2.05) is 13.0 Å². The fourth-order valence-corrected chi connectivity index (χ4v) is 1.83. The van der Waals surface area contributed by atoms with Crippen LogP contribution in [0, 0.1) is 5.92 Å². The molecule has 0 amide bonds. The van der Waals surface area contributed by atoms with Gasteiger partial charge < -0.3 is 19.9 Å². The van der Waals surface area contributed by atoms with Crippen LogP contribution in [0.15, 0.2) is 18.3 Å². The maximum Gasteiger partial charge on any atom is 0.213 e. The van der Waals surface area contributed by atoms with Crippen LogP contribution in [0.25, 0.3) is 0 Å². The highest BCUT2D eigenvalue weighted by Crippen LogP contribution is 2.11. The van der Waals surface area contributed by atoms with Crippen LogP contribution in [0.5, 0.6) is 5.88 Å². The molecule has 1 aromatic heterocycles. The largest absolute Gasteiger partial charge is 0.478 e. The number of aromatic nitrogens is 1. The number of ether oxygens (including phenoxy) is 2. The third kappa shape index (κ3) is 8.52. The summed E-state index contributed by atoms with van der Waals surface area (Å²) in [6, 6.07) is 3.69. The summed E-state index contributed by atoms with van der Waals surface area (Å²) in [5, 5.41) is 13.0. The van der Waals surface area contributed by atoms with E-state index in [0.29, 0.717) is 38.2 Å². The van der Waals surface area contributed by atoms with E-state index in [1.165, 1.54) is 0 Å². The molecule has 1 atom stereocenters. The molecule has 0 spiro atoms. The molecule has 0 bridgehead atoms. The molecule has 0 aliphatic carbocycles. The number of nitrogens with zero attached hydrogens (tertiary/aromatic N) is 1. The molecule has 1 unspecified atom stereocenters. The molecule has 1 rings (SSSR count). The summed E-state index contributed by atoms with van der Waals surface area (Å²) in [5.74, 6) is 1.31. The van der Waals surface area contributed by atoms with Gasteiger partial charge in [-0.25, -0.2) is 4.98 Å². The van der Waals surface area contributed by atoms with Crippen LogP contribution >= 0.6 is 0 Å². The summed E-state index contributed by atoms with van der Waals surface area (Å²) in [6.07, 6.45) is 3.38. The molecule has 0 saturated heterocycles. The lowest BCUT2D eigenvalue weighted by atomic mass is 10.1. The number of pyridine rings is 1. The number of hydrogen-bond acceptors (Lipinski definition) is 5. The second-order valence-corrected chi connectivity index (χ2v) is 5.46. The molecule has 0 saturated carbocycles. The van der Waals surface area contributed by atoms with Gasteiger partial charge in [0.05, 0.1) is 31.2 Å². The van der Waals surface area contributed by atoms with Gasteiger partial charge in [0, 0.05) is 19.2 Å². The van der Waals surface area contributed by atoms with E-state index in [-0.39, 0.29) is 0 Å². The Morgan fingerprint density at radius 3 is 2.76 bits per heavy atom. The maximum absolute atomic E-state index is 9.83. The van der Waals surface area contributed by atoms with E-state index >= 15 is 0 Å². The van der Waals surface area contributed by atoms with Gasteiger partial charge in [0.2, 0.25) is 5.88 Å². The van der Waals surface area contributed by atoms with Crippen molar-refractivity contribution in [2.24, 2.45) is 5.92 Å². The van der Waals surface area contributed by atoms with Crippen molar-refractivity contribution in [1.29, 1.82) is 0 Å². The molecule has 1 aromatic rings. The Morgan fingerprint density at radius 1 is 1.33 bits per heavy atom. The molecule has 0 aromatic carbocycles. The standard InChI is InChI=1S/C16H28N2O3/c1-4-21-16-8-7-14(10-18-16)17-11-15(19)12-20-9-5-6-13(2)3/h7-8,10,13,15,17,19H,4-6,9,11-12H2,1-3H3. The number of nitrogens with one attached hydrogen (secondary N) is 1. The molecule has 2 N–H and O–H groups in total. The molecule has 0 radical (unpaired) electrons. The first-order valence-electron chi connectivity index (χ1n) is 7.70. The lowest BCUT2D eigenvalue weighted by Gasteiger charge is -2.13. The summed E-state index contributed by atoms with van der Waals surface area (Å²) < 4.78 is 10.7. The molecule has 5 nitrogen and oxygen atoms in total. The quantitative estimate of drug-likeness (QED) is 0.615. The summed E-state index contributed by atoms with van der Waals surface area (Å²) in [6.45, 7) is 8.43. The normalized spacial score (nSPS) is 12.4. The zero-order valence-electron chi connectivity index (χ0n) is 13.3. The minimum Gasteiger partial charge on any atom is -0.478 e. The van der Waals surface area contributed by atoms with Gasteiger partial charge in [0.25, 0.3) is 0 Å². The average Bonchev–Trinajstić information content (AvgIpc) is 2.46.